The maximum Gasteiger partial charge on any atom is 0.323 e. The average molecular weight is 588 g/mol. The van der Waals surface area contributed by atoms with Gasteiger partial charge >= 0.3 is 12.0 Å². The zero-order chi connectivity index (χ0) is 31.7. The number of hydrogen-bond acceptors (Lipinski definition) is 5. The number of urea groups is 1. The van der Waals surface area contributed by atoms with Crippen LogP contribution in [0.5, 0.6) is 0 Å². The van der Waals surface area contributed by atoms with Crippen molar-refractivity contribution in [3.05, 3.63) is 83.4 Å². The molecule has 0 spiro atoms. The lowest BCUT2D eigenvalue weighted by Gasteiger charge is -2.26. The van der Waals surface area contributed by atoms with Crippen molar-refractivity contribution in [2.24, 2.45) is 0 Å². The number of amides is 5. The number of carboxylic acids is 1. The third-order valence-corrected chi connectivity index (χ3v) is 6.82. The molecule has 0 saturated carbocycles. The Labute approximate surface area is 250 Å². The molecule has 43 heavy (non-hydrogen) atoms. The van der Waals surface area contributed by atoms with Gasteiger partial charge in [-0.15, -0.1) is 0 Å². The molecule has 1 aliphatic heterocycles. The lowest BCUT2D eigenvalue weighted by molar-refractivity contribution is -0.137. The fourth-order valence-corrected chi connectivity index (χ4v) is 4.55. The molecule has 0 fully saturated rings. The topological polar surface area (TPSA) is 148 Å². The van der Waals surface area contributed by atoms with Crippen molar-refractivity contribution in [3.63, 3.8) is 0 Å². The average Bonchev–Trinajstić information content (AvgIpc) is 3.04. The summed E-state index contributed by atoms with van der Waals surface area (Å²) in [6, 6.07) is 17.7. The largest absolute Gasteiger partial charge is 0.481 e. The van der Waals surface area contributed by atoms with Gasteiger partial charge in [0.05, 0.1) is 24.1 Å². The second-order valence-electron chi connectivity index (χ2n) is 9.76. The first-order valence-corrected chi connectivity index (χ1v) is 14.0. The molecule has 1 atom stereocenters. The van der Waals surface area contributed by atoms with Crippen molar-refractivity contribution in [1.29, 1.82) is 0 Å². The summed E-state index contributed by atoms with van der Waals surface area (Å²) in [5.74, 6) is -2.24. The number of fused-ring (bicyclic) bond motifs is 1. The van der Waals surface area contributed by atoms with E-state index in [9.17, 15) is 24.0 Å². The number of carbonyl (C=O) groups is 5. The lowest BCUT2D eigenvalue weighted by atomic mass is 10.1. The van der Waals surface area contributed by atoms with E-state index in [2.05, 4.69) is 16.0 Å². The second-order valence-corrected chi connectivity index (χ2v) is 9.76. The van der Waals surface area contributed by atoms with Gasteiger partial charge in [0.15, 0.2) is 0 Å². The van der Waals surface area contributed by atoms with Crippen molar-refractivity contribution in [2.45, 2.75) is 46.6 Å². The third kappa shape index (κ3) is 8.19. The van der Waals surface area contributed by atoms with Crippen molar-refractivity contribution >= 4 is 52.5 Å². The van der Waals surface area contributed by atoms with Crippen LogP contribution in [0.4, 0.5) is 27.5 Å². The predicted molar refractivity (Wildman–Crippen MR) is 167 cm³/mol. The number of hydrogen-bond donors (Lipinski definition) is 4. The Morgan fingerprint density at radius 3 is 2.19 bits per heavy atom. The van der Waals surface area contributed by atoms with E-state index in [-0.39, 0.29) is 42.8 Å². The zero-order valence-electron chi connectivity index (χ0n) is 24.9. The number of nitrogens with one attached hydrogen (secondary N) is 3. The first-order chi connectivity index (χ1) is 20.5. The quantitative estimate of drug-likeness (QED) is 0.287. The summed E-state index contributed by atoms with van der Waals surface area (Å²) in [5, 5.41) is 17.4. The van der Waals surface area contributed by atoms with Crippen LogP contribution in [0.15, 0.2) is 66.7 Å². The highest BCUT2D eigenvalue weighted by atomic mass is 16.4. The molecule has 11 heteroatoms. The molecule has 226 valence electrons. The van der Waals surface area contributed by atoms with E-state index in [0.29, 0.717) is 28.3 Å². The number of anilines is 4. The Bertz CT molecular complexity index is 1500. The van der Waals surface area contributed by atoms with Crippen molar-refractivity contribution in [3.8, 4) is 0 Å². The predicted octanol–water partition coefficient (Wildman–Crippen LogP) is 5.13. The molecule has 0 aliphatic carbocycles. The molecule has 0 saturated heterocycles. The maximum atomic E-state index is 13.3. The van der Waals surface area contributed by atoms with Crippen LogP contribution >= 0.6 is 0 Å². The minimum atomic E-state index is -1.08. The second kappa shape index (κ2) is 14.6. The summed E-state index contributed by atoms with van der Waals surface area (Å²) in [6.07, 6.45) is -0.259. The highest BCUT2D eigenvalue weighted by Crippen LogP contribution is 2.30. The number of likely N-dealkylation sites (N-methyl/N-ethyl adjacent to an activating group) is 1. The Balaban J connectivity index is 0.00000248. The molecule has 1 unspecified atom stereocenters. The molecule has 3 aromatic rings. The number of para-hydroxylation sites is 1. The summed E-state index contributed by atoms with van der Waals surface area (Å²) in [4.78, 5) is 65.0. The van der Waals surface area contributed by atoms with Crippen LogP contribution in [0.3, 0.4) is 0 Å². The van der Waals surface area contributed by atoms with Gasteiger partial charge in [-0.3, -0.25) is 19.2 Å². The molecule has 5 amide bonds. The minimum absolute atomic E-state index is 0.0425. The van der Waals surface area contributed by atoms with E-state index in [1.165, 1.54) is 15.9 Å². The van der Waals surface area contributed by atoms with Gasteiger partial charge in [-0.1, -0.05) is 44.2 Å². The normalized spacial score (nSPS) is 14.1. The van der Waals surface area contributed by atoms with E-state index < -0.39 is 17.9 Å². The Morgan fingerprint density at radius 1 is 0.884 bits per heavy atom. The van der Waals surface area contributed by atoms with Crippen LogP contribution < -0.4 is 20.9 Å². The monoisotopic (exact) mass is 587 g/mol. The molecular formula is C32H37N5O6. The Morgan fingerprint density at radius 2 is 1.53 bits per heavy atom. The van der Waals surface area contributed by atoms with Crippen LogP contribution in [-0.4, -0.2) is 59.4 Å². The maximum absolute atomic E-state index is 13.3. The van der Waals surface area contributed by atoms with Crippen LogP contribution in [0.2, 0.25) is 0 Å². The van der Waals surface area contributed by atoms with Gasteiger partial charge < -0.3 is 30.9 Å². The van der Waals surface area contributed by atoms with E-state index >= 15 is 0 Å². The van der Waals surface area contributed by atoms with Gasteiger partial charge in [0.2, 0.25) is 11.8 Å². The fourth-order valence-electron chi connectivity index (χ4n) is 4.55. The molecule has 3 aromatic carbocycles. The standard InChI is InChI=1S/C30H31N5O6.C2H6/c1-18-6-4-5-7-24(18)33-30(41)32-21-10-8-20(9-11-21)16-26(36)31-22-12-13-25-23(17-22)29(40)35(15-14-27(37)38)19(2)28(39)34(25)3;1-2/h4-13,17,19H,14-16H2,1-3H3,(H,31,36)(H,37,38)(H2,32,33,41);1-2H3. The van der Waals surface area contributed by atoms with Gasteiger partial charge in [-0.25, -0.2) is 4.79 Å². The summed E-state index contributed by atoms with van der Waals surface area (Å²) < 4.78 is 0. The molecule has 4 N–H and O–H groups in total. The van der Waals surface area contributed by atoms with Gasteiger partial charge in [-0.05, 0) is 61.4 Å². The smallest absolute Gasteiger partial charge is 0.323 e. The van der Waals surface area contributed by atoms with E-state index in [1.54, 1.807) is 50.4 Å². The fraction of sp³-hybridized carbons (Fsp3) is 0.281. The highest BCUT2D eigenvalue weighted by Gasteiger charge is 2.35. The number of carbonyl (C=O) groups excluding carboxylic acids is 4. The van der Waals surface area contributed by atoms with Gasteiger partial charge in [0.25, 0.3) is 5.91 Å². The van der Waals surface area contributed by atoms with Crippen LogP contribution in [0.25, 0.3) is 0 Å². The van der Waals surface area contributed by atoms with Gasteiger partial charge in [-0.2, -0.15) is 0 Å². The number of aliphatic carboxylic acids is 1. The van der Waals surface area contributed by atoms with Gasteiger partial charge in [0.1, 0.15) is 6.04 Å². The van der Waals surface area contributed by atoms with Crippen LogP contribution in [0.1, 0.15) is 48.7 Å². The van der Waals surface area contributed by atoms with Crippen LogP contribution in [-0.2, 0) is 20.8 Å². The molecule has 0 radical (unpaired) electrons. The zero-order valence-corrected chi connectivity index (χ0v) is 24.9. The number of benzene rings is 3. The molecule has 11 nitrogen and oxygen atoms in total. The summed E-state index contributed by atoms with van der Waals surface area (Å²) >= 11 is 0. The Kier molecular flexibility index (Phi) is 11.0. The first-order valence-electron chi connectivity index (χ1n) is 14.0. The SMILES string of the molecule is CC.Cc1ccccc1NC(=O)Nc1ccc(CC(=O)Nc2ccc3c(c2)C(=O)N(CCC(=O)O)C(C)C(=O)N3C)cc1. The number of aryl methyl sites for hydroxylation is 1. The number of nitrogens with zero attached hydrogens (tertiary/aromatic N) is 2. The van der Waals surface area contributed by atoms with E-state index in [4.69, 9.17) is 5.11 Å². The van der Waals surface area contributed by atoms with E-state index in [0.717, 1.165) is 5.56 Å². The molecule has 1 heterocycles. The van der Waals surface area contributed by atoms with Gasteiger partial charge in [0, 0.05) is 30.7 Å². The summed E-state index contributed by atoms with van der Waals surface area (Å²) in [7, 11) is 1.55. The number of rotatable bonds is 8. The molecule has 0 bridgehead atoms. The Hall–Kier alpha value is -5.19. The van der Waals surface area contributed by atoms with Crippen molar-refractivity contribution in [2.75, 3.05) is 34.4 Å². The molecular weight excluding hydrogens is 550 g/mol. The summed E-state index contributed by atoms with van der Waals surface area (Å²) in [5.41, 5.74) is 3.83. The number of carboxylic acid groups (broad SMARTS) is 1. The minimum Gasteiger partial charge on any atom is -0.481 e. The first kappa shape index (κ1) is 32.3. The van der Waals surface area contributed by atoms with E-state index in [1.807, 2.05) is 45.0 Å². The molecule has 1 aliphatic rings. The highest BCUT2D eigenvalue weighted by molar-refractivity contribution is 6.11. The summed E-state index contributed by atoms with van der Waals surface area (Å²) in [6.45, 7) is 7.34. The third-order valence-electron chi connectivity index (χ3n) is 6.82. The molecule has 4 rings (SSSR count). The van der Waals surface area contributed by atoms with Crippen molar-refractivity contribution < 1.29 is 29.1 Å². The lowest BCUT2D eigenvalue weighted by Crippen LogP contribution is -2.46. The molecule has 0 aromatic heterocycles. The van der Waals surface area contributed by atoms with Crippen molar-refractivity contribution in [1.82, 2.24) is 4.90 Å². The van der Waals surface area contributed by atoms with Crippen LogP contribution in [0, 0.1) is 6.92 Å².